The Labute approximate surface area is 159 Å². The molecule has 2 aromatic rings. The number of hydrogen-bond acceptors (Lipinski definition) is 2. The molecular weight excluding hydrogens is 396 g/mol. The highest BCUT2D eigenvalue weighted by Crippen LogP contribution is 2.24. The van der Waals surface area contributed by atoms with Crippen LogP contribution in [-0.2, 0) is 17.1 Å². The maximum atomic E-state index is 11.9. The van der Waals surface area contributed by atoms with E-state index in [-0.39, 0.29) is 5.91 Å². The van der Waals surface area contributed by atoms with Crippen LogP contribution in [-0.4, -0.2) is 11.7 Å². The largest absolute Gasteiger partial charge is 0.351 e. The molecule has 0 unspecified atom stereocenters. The summed E-state index contributed by atoms with van der Waals surface area (Å²) in [6.45, 7) is 0.372. The Bertz CT molecular complexity index is 708. The summed E-state index contributed by atoms with van der Waals surface area (Å²) in [6, 6.07) is 10.5. The van der Waals surface area contributed by atoms with Crippen LogP contribution in [0.4, 0.5) is 0 Å². The number of carbonyl (C=O) groups is 1. The zero-order valence-corrected chi connectivity index (χ0v) is 15.8. The monoisotopic (exact) mass is 407 g/mol. The molecule has 0 spiro atoms. The van der Waals surface area contributed by atoms with Gasteiger partial charge in [0.1, 0.15) is 0 Å². The van der Waals surface area contributed by atoms with Crippen LogP contribution in [0.1, 0.15) is 11.1 Å². The maximum Gasteiger partial charge on any atom is 0.230 e. The number of rotatable bonds is 6. The van der Waals surface area contributed by atoms with E-state index in [0.29, 0.717) is 38.1 Å². The Balaban J connectivity index is 1.77. The van der Waals surface area contributed by atoms with Gasteiger partial charge in [-0.25, -0.2) is 0 Å². The highest BCUT2D eigenvalue weighted by molar-refractivity contribution is 7.99. The second-order valence-corrected chi connectivity index (χ2v) is 7.41. The lowest BCUT2D eigenvalue weighted by Crippen LogP contribution is -2.24. The summed E-state index contributed by atoms with van der Waals surface area (Å²) in [5.74, 6) is 0.918. The molecule has 0 fully saturated rings. The van der Waals surface area contributed by atoms with Crippen molar-refractivity contribution >= 4 is 64.1 Å². The molecule has 0 aromatic heterocycles. The van der Waals surface area contributed by atoms with Gasteiger partial charge in [0.05, 0.1) is 5.75 Å². The summed E-state index contributed by atoms with van der Waals surface area (Å²) >= 11 is 25.3. The predicted molar refractivity (Wildman–Crippen MR) is 101 cm³/mol. The summed E-state index contributed by atoms with van der Waals surface area (Å²) in [7, 11) is 0. The van der Waals surface area contributed by atoms with Gasteiger partial charge in [-0.15, -0.1) is 11.8 Å². The third-order valence-electron chi connectivity index (χ3n) is 3.00. The molecule has 0 radical (unpaired) electrons. The summed E-state index contributed by atoms with van der Waals surface area (Å²) in [4.78, 5) is 11.9. The first kappa shape index (κ1) is 18.8. The molecule has 0 saturated heterocycles. The van der Waals surface area contributed by atoms with E-state index in [2.05, 4.69) is 5.32 Å². The lowest BCUT2D eigenvalue weighted by atomic mass is 10.2. The fourth-order valence-corrected chi connectivity index (χ4v) is 3.69. The topological polar surface area (TPSA) is 29.1 Å². The Morgan fingerprint density at radius 2 is 1.48 bits per heavy atom. The Hall–Kier alpha value is -0.580. The zero-order valence-electron chi connectivity index (χ0n) is 11.9. The van der Waals surface area contributed by atoms with Gasteiger partial charge in [-0.2, -0.15) is 0 Å². The molecule has 0 aliphatic carbocycles. The van der Waals surface area contributed by atoms with Crippen molar-refractivity contribution in [2.75, 3.05) is 5.75 Å². The molecule has 1 N–H and O–H groups in total. The van der Waals surface area contributed by atoms with Gasteiger partial charge in [0.25, 0.3) is 0 Å². The molecule has 0 heterocycles. The summed E-state index contributed by atoms with van der Waals surface area (Å²) < 4.78 is 0. The highest BCUT2D eigenvalue weighted by Gasteiger charge is 2.07. The normalized spacial score (nSPS) is 10.6. The van der Waals surface area contributed by atoms with Gasteiger partial charge in [-0.1, -0.05) is 58.5 Å². The molecule has 0 aliphatic heterocycles. The average Bonchev–Trinajstić information content (AvgIpc) is 2.48. The number of benzene rings is 2. The van der Waals surface area contributed by atoms with Crippen LogP contribution < -0.4 is 5.32 Å². The fraction of sp³-hybridized carbons (Fsp3) is 0.188. The van der Waals surface area contributed by atoms with E-state index in [1.54, 1.807) is 30.3 Å². The molecule has 122 valence electrons. The molecule has 2 rings (SSSR count). The molecule has 0 saturated carbocycles. The molecule has 7 heteroatoms. The number of amides is 1. The zero-order chi connectivity index (χ0) is 16.8. The molecule has 23 heavy (non-hydrogen) atoms. The second kappa shape index (κ2) is 9.05. The molecular formula is C16H13Cl4NOS. The quantitative estimate of drug-likeness (QED) is 0.649. The number of halogens is 4. The van der Waals surface area contributed by atoms with E-state index in [4.69, 9.17) is 46.4 Å². The van der Waals surface area contributed by atoms with Crippen molar-refractivity contribution in [3.05, 3.63) is 67.6 Å². The van der Waals surface area contributed by atoms with Crippen molar-refractivity contribution in [1.29, 1.82) is 0 Å². The van der Waals surface area contributed by atoms with Crippen LogP contribution in [0.15, 0.2) is 36.4 Å². The van der Waals surface area contributed by atoms with Gasteiger partial charge in [-0.05, 0) is 35.4 Å². The van der Waals surface area contributed by atoms with Gasteiger partial charge >= 0.3 is 0 Å². The van der Waals surface area contributed by atoms with E-state index in [9.17, 15) is 4.79 Å². The van der Waals surface area contributed by atoms with E-state index in [1.165, 1.54) is 11.8 Å². The van der Waals surface area contributed by atoms with Crippen molar-refractivity contribution < 1.29 is 4.79 Å². The first-order chi connectivity index (χ1) is 11.0. The molecule has 0 aliphatic rings. The molecule has 0 bridgehead atoms. The van der Waals surface area contributed by atoms with Crippen molar-refractivity contribution in [3.63, 3.8) is 0 Å². The summed E-state index contributed by atoms with van der Waals surface area (Å²) in [6.07, 6.45) is 0. The van der Waals surface area contributed by atoms with E-state index in [1.807, 2.05) is 6.07 Å². The maximum absolute atomic E-state index is 11.9. The van der Waals surface area contributed by atoms with Gasteiger partial charge in [0, 0.05) is 32.4 Å². The fourth-order valence-electron chi connectivity index (χ4n) is 1.80. The van der Waals surface area contributed by atoms with Crippen LogP contribution in [0.3, 0.4) is 0 Å². The second-order valence-electron chi connectivity index (χ2n) is 4.74. The first-order valence-electron chi connectivity index (χ1n) is 6.68. The van der Waals surface area contributed by atoms with Gasteiger partial charge < -0.3 is 5.32 Å². The van der Waals surface area contributed by atoms with Gasteiger partial charge in [0.2, 0.25) is 5.91 Å². The van der Waals surface area contributed by atoms with Crippen molar-refractivity contribution in [3.8, 4) is 0 Å². The smallest absolute Gasteiger partial charge is 0.230 e. The van der Waals surface area contributed by atoms with Gasteiger partial charge in [-0.3, -0.25) is 4.79 Å². The minimum atomic E-state index is -0.0638. The van der Waals surface area contributed by atoms with Crippen molar-refractivity contribution in [2.45, 2.75) is 12.3 Å². The minimum absolute atomic E-state index is 0.0638. The number of nitrogens with one attached hydrogen (secondary N) is 1. The standard InChI is InChI=1S/C16H13Cl4NOS/c17-12-3-1-10(14(19)5-12)7-21-16(22)9-23-8-11-2-4-13(18)6-15(11)20/h1-6H,7-9H2,(H,21,22). The lowest BCUT2D eigenvalue weighted by molar-refractivity contribution is -0.118. The molecule has 2 nitrogen and oxygen atoms in total. The van der Waals surface area contributed by atoms with Crippen LogP contribution in [0.2, 0.25) is 20.1 Å². The Morgan fingerprint density at radius 1 is 0.913 bits per heavy atom. The van der Waals surface area contributed by atoms with Crippen LogP contribution >= 0.6 is 58.2 Å². The highest BCUT2D eigenvalue weighted by atomic mass is 35.5. The number of hydrogen-bond donors (Lipinski definition) is 1. The number of thioether (sulfide) groups is 1. The Morgan fingerprint density at radius 3 is 2.04 bits per heavy atom. The molecule has 1 amide bonds. The lowest BCUT2D eigenvalue weighted by Gasteiger charge is -2.08. The molecule has 2 aromatic carbocycles. The minimum Gasteiger partial charge on any atom is -0.351 e. The van der Waals surface area contributed by atoms with Gasteiger partial charge in [0.15, 0.2) is 0 Å². The summed E-state index contributed by atoms with van der Waals surface area (Å²) in [5, 5.41) is 5.15. The van der Waals surface area contributed by atoms with Crippen molar-refractivity contribution in [1.82, 2.24) is 5.32 Å². The SMILES string of the molecule is O=C(CSCc1ccc(Cl)cc1Cl)NCc1ccc(Cl)cc1Cl. The summed E-state index contributed by atoms with van der Waals surface area (Å²) in [5.41, 5.74) is 1.78. The number of carbonyl (C=O) groups excluding carboxylic acids is 1. The van der Waals surface area contributed by atoms with Crippen molar-refractivity contribution in [2.24, 2.45) is 0 Å². The first-order valence-corrected chi connectivity index (χ1v) is 9.34. The molecule has 0 atom stereocenters. The van der Waals surface area contributed by atoms with E-state index < -0.39 is 0 Å². The van der Waals surface area contributed by atoms with E-state index >= 15 is 0 Å². The predicted octanol–water partition coefficient (Wildman–Crippen LogP) is 5.85. The third kappa shape index (κ3) is 6.09. The van der Waals surface area contributed by atoms with Crippen LogP contribution in [0.5, 0.6) is 0 Å². The third-order valence-corrected chi connectivity index (χ3v) is 5.15. The van der Waals surface area contributed by atoms with Crippen LogP contribution in [0, 0.1) is 0 Å². The van der Waals surface area contributed by atoms with E-state index in [0.717, 1.165) is 11.1 Å². The average molecular weight is 409 g/mol. The van der Waals surface area contributed by atoms with Crippen LogP contribution in [0.25, 0.3) is 0 Å². The Kier molecular flexibility index (Phi) is 7.38.